The van der Waals surface area contributed by atoms with E-state index in [1.807, 2.05) is 36.4 Å². The summed E-state index contributed by atoms with van der Waals surface area (Å²) < 4.78 is 0. The number of para-hydroxylation sites is 1. The van der Waals surface area contributed by atoms with Gasteiger partial charge in [-0.3, -0.25) is 10.2 Å². The maximum Gasteiger partial charge on any atom is 0.338 e. The molecule has 0 aliphatic heterocycles. The molecule has 0 spiro atoms. The van der Waals surface area contributed by atoms with Gasteiger partial charge in [-0.25, -0.2) is 9.86 Å². The second-order valence-corrected chi connectivity index (χ2v) is 4.66. The van der Waals surface area contributed by atoms with Crippen molar-refractivity contribution in [3.8, 4) is 11.3 Å². The highest BCUT2D eigenvalue weighted by atomic mass is 16.5. The normalized spacial score (nSPS) is 10.7. The van der Waals surface area contributed by atoms with Crippen molar-refractivity contribution in [3.05, 3.63) is 54.4 Å². The van der Waals surface area contributed by atoms with Crippen LogP contribution in [-0.2, 0) is 6.54 Å². The minimum atomic E-state index is -0.891. The molecule has 21 heavy (non-hydrogen) atoms. The lowest BCUT2D eigenvalue weighted by molar-refractivity contribution is -0.0466. The number of nitrogens with one attached hydrogen (secondary N) is 1. The molecule has 0 bridgehead atoms. The fourth-order valence-electron chi connectivity index (χ4n) is 2.35. The second-order valence-electron chi connectivity index (χ2n) is 4.66. The first kappa shape index (κ1) is 13.1. The van der Waals surface area contributed by atoms with Crippen LogP contribution in [0.1, 0.15) is 5.56 Å². The summed E-state index contributed by atoms with van der Waals surface area (Å²) in [5.74, 6) is 0. The first-order valence-electron chi connectivity index (χ1n) is 6.42. The van der Waals surface area contributed by atoms with Gasteiger partial charge in [-0.1, -0.05) is 18.2 Å². The number of aromatic nitrogens is 2. The third-order valence-corrected chi connectivity index (χ3v) is 3.33. The van der Waals surface area contributed by atoms with Crippen molar-refractivity contribution in [2.75, 3.05) is 0 Å². The van der Waals surface area contributed by atoms with Gasteiger partial charge in [0.25, 0.3) is 0 Å². The topological polar surface area (TPSA) is 95.2 Å². The van der Waals surface area contributed by atoms with Gasteiger partial charge in [0.05, 0.1) is 12.2 Å². The highest BCUT2D eigenvalue weighted by Gasteiger charge is 2.17. The second kappa shape index (κ2) is 5.26. The molecule has 3 rings (SSSR count). The van der Waals surface area contributed by atoms with Crippen LogP contribution in [0.3, 0.4) is 0 Å². The Labute approximate surface area is 120 Å². The number of urea groups is 1. The molecule has 2 aromatic heterocycles. The Morgan fingerprint density at radius 3 is 2.81 bits per heavy atom. The monoisotopic (exact) mass is 282 g/mol. The third kappa shape index (κ3) is 2.44. The predicted molar refractivity (Wildman–Crippen MR) is 78.4 cm³/mol. The number of carbonyl (C=O) groups is 1. The lowest BCUT2D eigenvalue weighted by Gasteiger charge is -2.13. The molecule has 0 radical (unpaired) electrons. The Kier molecular flexibility index (Phi) is 3.29. The van der Waals surface area contributed by atoms with E-state index in [2.05, 4.69) is 9.97 Å². The van der Waals surface area contributed by atoms with Crippen LogP contribution in [0.25, 0.3) is 22.2 Å². The van der Waals surface area contributed by atoms with E-state index in [0.717, 1.165) is 27.7 Å². The van der Waals surface area contributed by atoms with Crippen molar-refractivity contribution in [2.24, 2.45) is 5.73 Å². The van der Waals surface area contributed by atoms with E-state index in [0.29, 0.717) is 5.06 Å². The molecule has 0 aliphatic rings. The molecule has 0 atom stereocenters. The number of nitrogens with two attached hydrogens (primary N) is 1. The Balaban J connectivity index is 2.17. The van der Waals surface area contributed by atoms with Crippen LogP contribution in [0.4, 0.5) is 4.79 Å². The summed E-state index contributed by atoms with van der Waals surface area (Å²) in [4.78, 5) is 18.5. The van der Waals surface area contributed by atoms with E-state index >= 15 is 0 Å². The van der Waals surface area contributed by atoms with E-state index in [-0.39, 0.29) is 6.54 Å². The van der Waals surface area contributed by atoms with Crippen molar-refractivity contribution >= 4 is 16.9 Å². The average molecular weight is 282 g/mol. The zero-order valence-electron chi connectivity index (χ0n) is 11.2. The summed E-state index contributed by atoms with van der Waals surface area (Å²) in [6.07, 6.45) is 3.41. The Morgan fingerprint density at radius 1 is 1.29 bits per heavy atom. The zero-order valence-corrected chi connectivity index (χ0v) is 11.2. The number of aromatic amines is 1. The smallest absolute Gasteiger partial charge is 0.338 e. The number of H-pyrrole nitrogens is 1. The minimum absolute atomic E-state index is 0.00355. The third-order valence-electron chi connectivity index (χ3n) is 3.33. The van der Waals surface area contributed by atoms with Crippen LogP contribution in [-0.4, -0.2) is 26.3 Å². The first-order chi connectivity index (χ1) is 10.2. The Bertz CT molecular complexity index is 783. The number of nitrogens with zero attached hydrogens (tertiary/aromatic N) is 2. The molecular formula is C15H14N4O2. The van der Waals surface area contributed by atoms with Gasteiger partial charge in [0, 0.05) is 34.4 Å². The van der Waals surface area contributed by atoms with E-state index in [4.69, 9.17) is 5.73 Å². The number of hydroxylamine groups is 2. The zero-order chi connectivity index (χ0) is 14.8. The quantitative estimate of drug-likeness (QED) is 0.508. The first-order valence-corrected chi connectivity index (χ1v) is 6.42. The molecule has 0 saturated heterocycles. The largest absolute Gasteiger partial charge is 0.354 e. The number of primary amides is 1. The lowest BCUT2D eigenvalue weighted by atomic mass is 10.1. The molecule has 0 aliphatic carbocycles. The molecule has 1 aromatic carbocycles. The standard InChI is InChI=1S/C15H14N4O2/c16-15(20)19(21)9-12-11-5-1-2-6-13(11)18-14(12)10-4-3-7-17-8-10/h1-8,18,21H,9H2,(H2,16,20). The fraction of sp³-hybridized carbons (Fsp3) is 0.0667. The molecule has 6 heteroatoms. The van der Waals surface area contributed by atoms with E-state index < -0.39 is 6.03 Å². The summed E-state index contributed by atoms with van der Waals surface area (Å²) in [6, 6.07) is 10.5. The van der Waals surface area contributed by atoms with Crippen LogP contribution in [0.2, 0.25) is 0 Å². The van der Waals surface area contributed by atoms with Crippen molar-refractivity contribution in [3.63, 3.8) is 0 Å². The Hall–Kier alpha value is -2.86. The predicted octanol–water partition coefficient (Wildman–Crippen LogP) is 2.50. The summed E-state index contributed by atoms with van der Waals surface area (Å²) in [5, 5.41) is 11.1. The lowest BCUT2D eigenvalue weighted by Crippen LogP contribution is -2.32. The fourth-order valence-corrected chi connectivity index (χ4v) is 2.35. The van der Waals surface area contributed by atoms with Gasteiger partial charge >= 0.3 is 6.03 Å². The minimum Gasteiger partial charge on any atom is -0.354 e. The van der Waals surface area contributed by atoms with Crippen molar-refractivity contribution < 1.29 is 10.0 Å². The van der Waals surface area contributed by atoms with Crippen molar-refractivity contribution in [2.45, 2.75) is 6.54 Å². The molecule has 0 unspecified atom stereocenters. The van der Waals surface area contributed by atoms with Crippen LogP contribution in [0.5, 0.6) is 0 Å². The van der Waals surface area contributed by atoms with Gasteiger partial charge in [0.2, 0.25) is 0 Å². The van der Waals surface area contributed by atoms with Gasteiger partial charge in [-0.15, -0.1) is 0 Å². The SMILES string of the molecule is NC(=O)N(O)Cc1c(-c2cccnc2)[nH]c2ccccc12. The number of hydrogen-bond acceptors (Lipinski definition) is 3. The maximum atomic E-state index is 11.1. The van der Waals surface area contributed by atoms with Crippen LogP contribution in [0.15, 0.2) is 48.8 Å². The Morgan fingerprint density at radius 2 is 2.10 bits per heavy atom. The highest BCUT2D eigenvalue weighted by Crippen LogP contribution is 2.30. The van der Waals surface area contributed by atoms with Crippen LogP contribution >= 0.6 is 0 Å². The number of hydrogen-bond donors (Lipinski definition) is 3. The summed E-state index contributed by atoms with van der Waals surface area (Å²) >= 11 is 0. The molecule has 106 valence electrons. The van der Waals surface area contributed by atoms with Crippen LogP contribution in [0, 0.1) is 0 Å². The molecule has 0 fully saturated rings. The van der Waals surface area contributed by atoms with Crippen LogP contribution < -0.4 is 5.73 Å². The van der Waals surface area contributed by atoms with Gasteiger partial charge < -0.3 is 10.7 Å². The molecule has 2 heterocycles. The molecular weight excluding hydrogens is 268 g/mol. The summed E-state index contributed by atoms with van der Waals surface area (Å²) in [6.45, 7) is 0.00355. The number of rotatable bonds is 3. The molecule has 2 amide bonds. The maximum absolute atomic E-state index is 11.1. The summed E-state index contributed by atoms with van der Waals surface area (Å²) in [5.41, 5.74) is 8.50. The van der Waals surface area contributed by atoms with E-state index in [1.165, 1.54) is 0 Å². The van der Waals surface area contributed by atoms with Gasteiger partial charge in [0.15, 0.2) is 0 Å². The molecule has 6 nitrogen and oxygen atoms in total. The molecule has 0 saturated carbocycles. The highest BCUT2D eigenvalue weighted by molar-refractivity contribution is 5.91. The van der Waals surface area contributed by atoms with Gasteiger partial charge in [0.1, 0.15) is 0 Å². The number of carbonyl (C=O) groups excluding carboxylic acids is 1. The number of pyridine rings is 1. The van der Waals surface area contributed by atoms with Gasteiger partial charge in [-0.05, 0) is 18.2 Å². The number of fused-ring (bicyclic) bond motifs is 1. The number of amides is 2. The van der Waals surface area contributed by atoms with E-state index in [9.17, 15) is 10.0 Å². The van der Waals surface area contributed by atoms with E-state index in [1.54, 1.807) is 12.4 Å². The average Bonchev–Trinajstić information content (AvgIpc) is 2.87. The van der Waals surface area contributed by atoms with Crippen molar-refractivity contribution in [1.29, 1.82) is 0 Å². The molecule has 3 aromatic rings. The molecule has 4 N–H and O–H groups in total. The van der Waals surface area contributed by atoms with Crippen molar-refractivity contribution in [1.82, 2.24) is 15.0 Å². The van der Waals surface area contributed by atoms with Gasteiger partial charge in [-0.2, -0.15) is 0 Å². The number of benzene rings is 1. The summed E-state index contributed by atoms with van der Waals surface area (Å²) in [7, 11) is 0.